The molecule has 1 saturated carbocycles. The number of carbonyl (C=O) groups is 1. The van der Waals surface area contributed by atoms with Gasteiger partial charge >= 0.3 is 18.4 Å². The summed E-state index contributed by atoms with van der Waals surface area (Å²) in [5, 5.41) is 0. The number of para-hydroxylation sites is 1. The molecular weight excluding hydrogens is 418 g/mol. The average molecular weight is 440 g/mol. The van der Waals surface area contributed by atoms with Crippen molar-refractivity contribution in [3.63, 3.8) is 0 Å². The van der Waals surface area contributed by atoms with Crippen molar-refractivity contribution in [2.24, 2.45) is 17.1 Å². The molecule has 2 N–H and O–H groups in total. The minimum absolute atomic E-state index is 0.0933. The first-order valence-corrected chi connectivity index (χ1v) is 9.43. The van der Waals surface area contributed by atoms with Crippen LogP contribution in [0.2, 0.25) is 0 Å². The van der Waals surface area contributed by atoms with E-state index >= 15 is 0 Å². The van der Waals surface area contributed by atoms with E-state index in [1.165, 1.54) is 0 Å². The van der Waals surface area contributed by atoms with Gasteiger partial charge in [-0.05, 0) is 36.8 Å². The maximum Gasteiger partial charge on any atom is 0.434 e. The monoisotopic (exact) mass is 440 g/mol. The SMILES string of the molecule is NCCOc1ccccc1CC1CC2(C1)CN(C(=O)OC(C(F)(F)F)C(F)(F)F)C2. The highest BCUT2D eigenvalue weighted by molar-refractivity contribution is 5.69. The summed E-state index contributed by atoms with van der Waals surface area (Å²) < 4.78 is 84.5. The summed E-state index contributed by atoms with van der Waals surface area (Å²) in [6, 6.07) is 7.52. The van der Waals surface area contributed by atoms with Gasteiger partial charge in [0, 0.05) is 25.0 Å². The number of carbonyl (C=O) groups excluding carboxylic acids is 1. The molecule has 1 heterocycles. The summed E-state index contributed by atoms with van der Waals surface area (Å²) in [6.45, 7) is 0.960. The molecule has 1 aromatic carbocycles. The summed E-state index contributed by atoms with van der Waals surface area (Å²) in [7, 11) is 0. The van der Waals surface area contributed by atoms with E-state index in [0.29, 0.717) is 19.1 Å². The highest BCUT2D eigenvalue weighted by Gasteiger charge is 2.61. The molecule has 1 spiro atoms. The fourth-order valence-electron chi connectivity index (χ4n) is 4.25. The molecule has 1 aliphatic heterocycles. The lowest BCUT2D eigenvalue weighted by Gasteiger charge is -2.58. The number of nitrogens with two attached hydrogens (primary N) is 1. The van der Waals surface area contributed by atoms with Crippen molar-refractivity contribution >= 4 is 6.09 Å². The Balaban J connectivity index is 1.48. The zero-order valence-corrected chi connectivity index (χ0v) is 15.9. The van der Waals surface area contributed by atoms with Crippen LogP contribution in [-0.2, 0) is 11.2 Å². The van der Waals surface area contributed by atoms with E-state index < -0.39 is 24.5 Å². The predicted octanol–water partition coefficient (Wildman–Crippen LogP) is 3.91. The minimum atomic E-state index is -5.71. The van der Waals surface area contributed by atoms with Gasteiger partial charge in [-0.2, -0.15) is 26.3 Å². The van der Waals surface area contributed by atoms with Crippen LogP contribution >= 0.6 is 0 Å². The molecule has 2 fully saturated rings. The van der Waals surface area contributed by atoms with E-state index in [2.05, 4.69) is 4.74 Å². The number of hydrogen-bond acceptors (Lipinski definition) is 4. The van der Waals surface area contributed by atoms with Crippen LogP contribution in [0.3, 0.4) is 0 Å². The molecule has 11 heteroatoms. The molecular formula is C19H22F6N2O3. The van der Waals surface area contributed by atoms with Crippen molar-refractivity contribution in [2.75, 3.05) is 26.2 Å². The molecule has 0 aromatic heterocycles. The van der Waals surface area contributed by atoms with Crippen LogP contribution < -0.4 is 10.5 Å². The quantitative estimate of drug-likeness (QED) is 0.682. The standard InChI is InChI=1S/C19H22F6N2O3/c20-18(21,22)15(19(23,24)25)30-16(28)27-10-17(11-27)8-12(9-17)7-13-3-1-2-4-14(13)29-6-5-26/h1-4,12,15H,5-11,26H2. The Morgan fingerprint density at radius 1 is 1.13 bits per heavy atom. The van der Waals surface area contributed by atoms with E-state index in [1.54, 1.807) is 0 Å². The first-order valence-electron chi connectivity index (χ1n) is 9.43. The Morgan fingerprint density at radius 2 is 1.73 bits per heavy atom. The Morgan fingerprint density at radius 3 is 2.30 bits per heavy atom. The first kappa shape index (κ1) is 22.5. The lowest BCUT2D eigenvalue weighted by molar-refractivity contribution is -0.309. The van der Waals surface area contributed by atoms with Crippen molar-refractivity contribution < 1.29 is 40.6 Å². The molecule has 1 aliphatic carbocycles. The van der Waals surface area contributed by atoms with Gasteiger partial charge in [-0.15, -0.1) is 0 Å². The highest BCUT2D eigenvalue weighted by atomic mass is 19.4. The number of likely N-dealkylation sites (tertiary alicyclic amines) is 1. The van der Waals surface area contributed by atoms with E-state index in [4.69, 9.17) is 10.5 Å². The summed E-state index contributed by atoms with van der Waals surface area (Å²) >= 11 is 0. The number of rotatable bonds is 6. The number of halogens is 6. The Bertz CT molecular complexity index is 739. The van der Waals surface area contributed by atoms with E-state index in [0.717, 1.165) is 35.5 Å². The van der Waals surface area contributed by atoms with E-state index in [-0.39, 0.29) is 18.5 Å². The molecule has 1 saturated heterocycles. The Kier molecular flexibility index (Phi) is 6.13. The molecule has 5 nitrogen and oxygen atoms in total. The summed E-state index contributed by atoms with van der Waals surface area (Å²) in [6.07, 6.45) is -14.9. The van der Waals surface area contributed by atoms with Crippen LogP contribution in [-0.4, -0.2) is 55.7 Å². The average Bonchev–Trinajstić information content (AvgIpc) is 2.57. The van der Waals surface area contributed by atoms with Gasteiger partial charge in [-0.25, -0.2) is 4.79 Å². The molecule has 2 aliphatic rings. The van der Waals surface area contributed by atoms with Crippen LogP contribution in [0.25, 0.3) is 0 Å². The topological polar surface area (TPSA) is 64.8 Å². The molecule has 0 bridgehead atoms. The number of ether oxygens (including phenoxy) is 2. The Hall–Kier alpha value is -2.17. The number of benzene rings is 1. The molecule has 3 rings (SSSR count). The van der Waals surface area contributed by atoms with Crippen LogP contribution in [0.15, 0.2) is 24.3 Å². The second-order valence-electron chi connectivity index (χ2n) is 7.93. The van der Waals surface area contributed by atoms with Crippen molar-refractivity contribution in [2.45, 2.75) is 37.7 Å². The Labute approximate surface area is 169 Å². The van der Waals surface area contributed by atoms with Gasteiger partial charge in [0.2, 0.25) is 0 Å². The second kappa shape index (κ2) is 8.16. The molecule has 0 unspecified atom stereocenters. The molecule has 30 heavy (non-hydrogen) atoms. The fourth-order valence-corrected chi connectivity index (χ4v) is 4.25. The zero-order chi connectivity index (χ0) is 22.2. The van der Waals surface area contributed by atoms with Gasteiger partial charge in [-0.1, -0.05) is 18.2 Å². The normalized spacial score (nSPS) is 18.9. The van der Waals surface area contributed by atoms with Crippen LogP contribution in [0, 0.1) is 11.3 Å². The van der Waals surface area contributed by atoms with Crippen LogP contribution in [0.4, 0.5) is 31.1 Å². The number of alkyl halides is 6. The molecule has 0 radical (unpaired) electrons. The van der Waals surface area contributed by atoms with Gasteiger partial charge in [0.15, 0.2) is 0 Å². The van der Waals surface area contributed by atoms with Crippen molar-refractivity contribution in [3.05, 3.63) is 29.8 Å². The molecule has 0 atom stereocenters. The first-order chi connectivity index (χ1) is 13.9. The van der Waals surface area contributed by atoms with Crippen LogP contribution in [0.5, 0.6) is 5.75 Å². The van der Waals surface area contributed by atoms with Crippen molar-refractivity contribution in [1.29, 1.82) is 0 Å². The van der Waals surface area contributed by atoms with Crippen molar-refractivity contribution in [3.8, 4) is 5.75 Å². The largest absolute Gasteiger partial charge is 0.492 e. The third-order valence-corrected chi connectivity index (χ3v) is 5.42. The van der Waals surface area contributed by atoms with E-state index in [1.807, 2.05) is 24.3 Å². The zero-order valence-electron chi connectivity index (χ0n) is 15.9. The number of hydrogen-bond donors (Lipinski definition) is 1. The van der Waals surface area contributed by atoms with Gasteiger partial charge in [0.25, 0.3) is 6.10 Å². The predicted molar refractivity (Wildman–Crippen MR) is 93.8 cm³/mol. The van der Waals surface area contributed by atoms with Crippen molar-refractivity contribution in [1.82, 2.24) is 4.90 Å². The third-order valence-electron chi connectivity index (χ3n) is 5.42. The summed E-state index contributed by atoms with van der Waals surface area (Å²) in [5.74, 6) is 1.04. The smallest absolute Gasteiger partial charge is 0.434 e. The van der Waals surface area contributed by atoms with Gasteiger partial charge < -0.3 is 20.1 Å². The van der Waals surface area contributed by atoms with Crippen LogP contribution in [0.1, 0.15) is 18.4 Å². The van der Waals surface area contributed by atoms with Gasteiger partial charge in [-0.3, -0.25) is 0 Å². The molecule has 1 amide bonds. The van der Waals surface area contributed by atoms with Gasteiger partial charge in [0.05, 0.1) is 0 Å². The summed E-state index contributed by atoms with van der Waals surface area (Å²) in [4.78, 5) is 12.6. The van der Waals surface area contributed by atoms with Gasteiger partial charge in [0.1, 0.15) is 12.4 Å². The summed E-state index contributed by atoms with van der Waals surface area (Å²) in [5.41, 5.74) is 6.20. The minimum Gasteiger partial charge on any atom is -0.492 e. The number of nitrogens with zero attached hydrogens (tertiary/aromatic N) is 1. The number of amides is 1. The molecule has 168 valence electrons. The highest BCUT2D eigenvalue weighted by Crippen LogP contribution is 2.53. The maximum absolute atomic E-state index is 12.5. The van der Waals surface area contributed by atoms with E-state index in [9.17, 15) is 31.1 Å². The molecule has 1 aromatic rings. The fraction of sp³-hybridized carbons (Fsp3) is 0.632. The lowest BCUT2D eigenvalue weighted by atomic mass is 9.56. The lowest BCUT2D eigenvalue weighted by Crippen LogP contribution is -2.64. The maximum atomic E-state index is 12.5. The second-order valence-corrected chi connectivity index (χ2v) is 7.93. The third kappa shape index (κ3) is 4.93.